The Kier molecular flexibility index (Phi) is 4.36. The first-order chi connectivity index (χ1) is 9.52. The Morgan fingerprint density at radius 3 is 2.75 bits per heavy atom. The molecule has 0 amide bonds. The van der Waals surface area contributed by atoms with E-state index in [2.05, 4.69) is 13.8 Å². The molecular weight excluding hydrogens is 250 g/mol. The van der Waals surface area contributed by atoms with E-state index in [9.17, 15) is 9.90 Å². The summed E-state index contributed by atoms with van der Waals surface area (Å²) in [5, 5.41) is 10.3. The van der Waals surface area contributed by atoms with Crippen LogP contribution in [0.2, 0.25) is 0 Å². The first kappa shape index (κ1) is 14.9. The van der Waals surface area contributed by atoms with Crippen molar-refractivity contribution in [1.82, 2.24) is 4.57 Å². The number of aromatic nitrogens is 1. The molecule has 0 saturated carbocycles. The molecule has 1 aromatic rings. The second-order valence-electron chi connectivity index (χ2n) is 5.77. The van der Waals surface area contributed by atoms with Crippen molar-refractivity contribution in [2.45, 2.75) is 58.8 Å². The van der Waals surface area contributed by atoms with E-state index >= 15 is 0 Å². The molecule has 0 bridgehead atoms. The van der Waals surface area contributed by atoms with Gasteiger partial charge in [0, 0.05) is 12.7 Å². The smallest absolute Gasteiger partial charge is 0.261 e. The highest BCUT2D eigenvalue weighted by molar-refractivity contribution is 5.64. The molecule has 1 atom stereocenters. The molecule has 20 heavy (non-hydrogen) atoms. The molecule has 1 N–H and O–H groups in total. The lowest BCUT2D eigenvalue weighted by Gasteiger charge is -2.19. The van der Waals surface area contributed by atoms with Gasteiger partial charge in [0.2, 0.25) is 0 Å². The second kappa shape index (κ2) is 5.86. The van der Waals surface area contributed by atoms with E-state index in [1.54, 1.807) is 10.6 Å². The fraction of sp³-hybridized carbons (Fsp3) is 0.588. The lowest BCUT2D eigenvalue weighted by atomic mass is 9.91. The zero-order valence-electron chi connectivity index (χ0n) is 13.0. The van der Waals surface area contributed by atoms with Gasteiger partial charge in [0.1, 0.15) is 5.76 Å². The van der Waals surface area contributed by atoms with Gasteiger partial charge in [-0.1, -0.05) is 27.2 Å². The van der Waals surface area contributed by atoms with Crippen LogP contribution in [-0.4, -0.2) is 9.67 Å². The van der Waals surface area contributed by atoms with Crippen LogP contribution in [0.15, 0.2) is 10.9 Å². The molecule has 1 aliphatic rings. The summed E-state index contributed by atoms with van der Waals surface area (Å²) in [6.07, 6.45) is 6.38. The molecule has 0 fully saturated rings. The third-order valence-corrected chi connectivity index (χ3v) is 4.32. The Morgan fingerprint density at radius 2 is 2.15 bits per heavy atom. The average Bonchev–Trinajstić information content (AvgIpc) is 2.78. The normalized spacial score (nSPS) is 18.4. The minimum absolute atomic E-state index is 0.0523. The molecule has 3 nitrogen and oxygen atoms in total. The second-order valence-corrected chi connectivity index (χ2v) is 5.77. The van der Waals surface area contributed by atoms with Crippen LogP contribution in [0, 0.1) is 0 Å². The summed E-state index contributed by atoms with van der Waals surface area (Å²) in [6, 6.07) is 0. The van der Waals surface area contributed by atoms with Crippen molar-refractivity contribution < 1.29 is 5.11 Å². The monoisotopic (exact) mass is 275 g/mol. The van der Waals surface area contributed by atoms with Gasteiger partial charge in [0.15, 0.2) is 0 Å². The molecule has 2 rings (SSSR count). The van der Waals surface area contributed by atoms with Gasteiger partial charge in [-0.2, -0.15) is 0 Å². The van der Waals surface area contributed by atoms with Crippen LogP contribution in [0.1, 0.15) is 68.3 Å². The fourth-order valence-electron chi connectivity index (χ4n) is 3.36. The largest absolute Gasteiger partial charge is 0.507 e. The molecule has 1 unspecified atom stereocenters. The molecule has 0 saturated heterocycles. The number of aliphatic hydroxyl groups excluding tert-OH is 1. The van der Waals surface area contributed by atoms with Gasteiger partial charge in [0.25, 0.3) is 5.56 Å². The highest BCUT2D eigenvalue weighted by Gasteiger charge is 2.28. The summed E-state index contributed by atoms with van der Waals surface area (Å²) < 4.78 is 1.74. The maximum atomic E-state index is 12.6. The van der Waals surface area contributed by atoms with Crippen molar-refractivity contribution in [3.63, 3.8) is 0 Å². The predicted molar refractivity (Wildman–Crippen MR) is 83.3 cm³/mol. The van der Waals surface area contributed by atoms with E-state index in [-0.39, 0.29) is 11.3 Å². The van der Waals surface area contributed by atoms with Crippen LogP contribution in [0.25, 0.3) is 5.76 Å². The molecule has 1 aliphatic carbocycles. The van der Waals surface area contributed by atoms with E-state index in [1.807, 2.05) is 14.0 Å². The zero-order valence-corrected chi connectivity index (χ0v) is 13.0. The Morgan fingerprint density at radius 1 is 1.45 bits per heavy atom. The molecule has 0 aromatic carbocycles. The number of hydrogen-bond acceptors (Lipinski definition) is 2. The van der Waals surface area contributed by atoms with Crippen LogP contribution in [-0.2, 0) is 19.9 Å². The van der Waals surface area contributed by atoms with Crippen LogP contribution >= 0.6 is 0 Å². The molecule has 110 valence electrons. The van der Waals surface area contributed by atoms with Gasteiger partial charge in [0.05, 0.1) is 5.56 Å². The molecule has 1 heterocycles. The van der Waals surface area contributed by atoms with Gasteiger partial charge >= 0.3 is 0 Å². The number of hydrogen-bond donors (Lipinski definition) is 1. The minimum Gasteiger partial charge on any atom is -0.507 e. The van der Waals surface area contributed by atoms with Crippen molar-refractivity contribution in [3.8, 4) is 0 Å². The number of rotatable bonds is 4. The average molecular weight is 275 g/mol. The van der Waals surface area contributed by atoms with E-state index in [0.717, 1.165) is 37.7 Å². The van der Waals surface area contributed by atoms with Gasteiger partial charge < -0.3 is 9.67 Å². The summed E-state index contributed by atoms with van der Waals surface area (Å²) in [7, 11) is 1.83. The van der Waals surface area contributed by atoms with Crippen molar-refractivity contribution in [2.24, 2.45) is 7.05 Å². The molecule has 3 heteroatoms. The third kappa shape index (κ3) is 2.30. The van der Waals surface area contributed by atoms with Gasteiger partial charge in [-0.05, 0) is 48.8 Å². The first-order valence-electron chi connectivity index (χ1n) is 7.66. The van der Waals surface area contributed by atoms with E-state index in [4.69, 9.17) is 0 Å². The van der Waals surface area contributed by atoms with Crippen LogP contribution < -0.4 is 5.56 Å². The van der Waals surface area contributed by atoms with E-state index in [0.29, 0.717) is 11.5 Å². The Balaban J connectivity index is 2.79. The van der Waals surface area contributed by atoms with Gasteiger partial charge in [-0.25, -0.2) is 0 Å². The van der Waals surface area contributed by atoms with Gasteiger partial charge in [-0.3, -0.25) is 4.79 Å². The highest BCUT2D eigenvalue weighted by Crippen LogP contribution is 2.37. The molecular formula is C17H25NO2. The molecule has 0 spiro atoms. The fourth-order valence-corrected chi connectivity index (χ4v) is 3.36. The number of allylic oxidation sites excluding steroid dienone is 1. The third-order valence-electron chi connectivity index (χ3n) is 4.32. The Hall–Kier alpha value is -1.51. The summed E-state index contributed by atoms with van der Waals surface area (Å²) in [4.78, 5) is 12.6. The summed E-state index contributed by atoms with van der Waals surface area (Å²) in [5.41, 5.74) is 4.03. The zero-order chi connectivity index (χ0) is 14.9. The minimum atomic E-state index is -0.0523. The maximum Gasteiger partial charge on any atom is 0.261 e. The molecule has 1 aromatic heterocycles. The predicted octanol–water partition coefficient (Wildman–Crippen LogP) is 3.70. The van der Waals surface area contributed by atoms with Crippen LogP contribution in [0.5, 0.6) is 0 Å². The van der Waals surface area contributed by atoms with Crippen molar-refractivity contribution in [3.05, 3.63) is 38.8 Å². The van der Waals surface area contributed by atoms with Crippen molar-refractivity contribution >= 4 is 5.76 Å². The summed E-state index contributed by atoms with van der Waals surface area (Å²) in [5.74, 6) is 0.630. The Bertz CT molecular complexity index is 596. The number of aliphatic hydroxyl groups is 1. The maximum absolute atomic E-state index is 12.6. The quantitative estimate of drug-likeness (QED) is 0.851. The highest BCUT2D eigenvalue weighted by atomic mass is 16.3. The van der Waals surface area contributed by atoms with Crippen LogP contribution in [0.4, 0.5) is 0 Å². The SMILES string of the molecule is CC/C=C(/O)c1c(CCC)c2c(n(C)c1=O)CCC2C. The standard InChI is InChI=1S/C17H25NO2/c1-5-7-12-15-11(3)9-10-13(15)18(4)17(20)16(12)14(19)8-6-2/h8,11,19H,5-7,9-10H2,1-4H3/b14-8+. The lowest BCUT2D eigenvalue weighted by molar-refractivity contribution is 0.505. The number of nitrogens with zero attached hydrogens (tertiary/aromatic N) is 1. The summed E-state index contributed by atoms with van der Waals surface area (Å²) >= 11 is 0. The molecule has 0 aliphatic heterocycles. The number of pyridine rings is 1. The topological polar surface area (TPSA) is 42.2 Å². The Labute approximate surface area is 121 Å². The van der Waals surface area contributed by atoms with Gasteiger partial charge in [-0.15, -0.1) is 0 Å². The first-order valence-corrected chi connectivity index (χ1v) is 7.66. The summed E-state index contributed by atoms with van der Waals surface area (Å²) in [6.45, 7) is 6.31. The van der Waals surface area contributed by atoms with Crippen LogP contribution in [0.3, 0.4) is 0 Å². The van der Waals surface area contributed by atoms with Crippen molar-refractivity contribution in [2.75, 3.05) is 0 Å². The molecule has 0 radical (unpaired) electrons. The number of fused-ring (bicyclic) bond motifs is 1. The van der Waals surface area contributed by atoms with Crippen molar-refractivity contribution in [1.29, 1.82) is 0 Å². The van der Waals surface area contributed by atoms with E-state index < -0.39 is 0 Å². The van der Waals surface area contributed by atoms with E-state index in [1.165, 1.54) is 11.3 Å². The lowest BCUT2D eigenvalue weighted by Crippen LogP contribution is -2.27.